The maximum atomic E-state index is 12.4. The number of aliphatic hydroxyl groups is 2. The first-order chi connectivity index (χ1) is 11.1. The van der Waals surface area contributed by atoms with Gasteiger partial charge in [0.2, 0.25) is 5.78 Å². The van der Waals surface area contributed by atoms with E-state index in [2.05, 4.69) is 15.0 Å². The third-order valence-electron chi connectivity index (χ3n) is 3.26. The van der Waals surface area contributed by atoms with Crippen LogP contribution in [-0.2, 0) is 5.79 Å². The Morgan fingerprint density at radius 2 is 1.43 bits per heavy atom. The minimum absolute atomic E-state index is 0.0231. The average Bonchev–Trinajstić information content (AvgIpc) is 2.62. The highest BCUT2D eigenvalue weighted by Gasteiger charge is 2.32. The molecule has 3 aromatic heterocycles. The normalized spacial score (nSPS) is 11.2. The summed E-state index contributed by atoms with van der Waals surface area (Å²) in [6, 6.07) is 14.2. The molecule has 6 nitrogen and oxygen atoms in total. The average molecular weight is 307 g/mol. The standard InChI is InChI=1S/C17H13N3O3/c21-16(12-6-1-3-10-18-12)13-7-5-9-15(20-13)17(22,23)14-8-2-4-11-19-14/h1-11,22-23H. The van der Waals surface area contributed by atoms with Crippen molar-refractivity contribution in [2.75, 3.05) is 0 Å². The number of ketones is 1. The van der Waals surface area contributed by atoms with E-state index in [9.17, 15) is 15.0 Å². The van der Waals surface area contributed by atoms with E-state index in [0.29, 0.717) is 0 Å². The number of hydrogen-bond acceptors (Lipinski definition) is 6. The number of carbonyl (C=O) groups is 1. The lowest BCUT2D eigenvalue weighted by atomic mass is 10.1. The summed E-state index contributed by atoms with van der Waals surface area (Å²) in [4.78, 5) is 24.3. The maximum absolute atomic E-state index is 12.4. The van der Waals surface area contributed by atoms with Gasteiger partial charge in [0, 0.05) is 12.4 Å². The van der Waals surface area contributed by atoms with Gasteiger partial charge in [-0.25, -0.2) is 4.98 Å². The Kier molecular flexibility index (Phi) is 3.92. The van der Waals surface area contributed by atoms with E-state index in [-0.39, 0.29) is 22.8 Å². The van der Waals surface area contributed by atoms with Crippen molar-refractivity contribution in [1.29, 1.82) is 0 Å². The third-order valence-corrected chi connectivity index (χ3v) is 3.26. The molecule has 0 saturated heterocycles. The summed E-state index contributed by atoms with van der Waals surface area (Å²) in [5.41, 5.74) is 0.244. The summed E-state index contributed by atoms with van der Waals surface area (Å²) in [6.45, 7) is 0. The molecule has 0 aliphatic rings. The Labute approximate surface area is 132 Å². The highest BCUT2D eigenvalue weighted by Crippen LogP contribution is 2.23. The number of pyridine rings is 3. The molecule has 0 radical (unpaired) electrons. The fourth-order valence-corrected chi connectivity index (χ4v) is 2.08. The molecule has 0 aliphatic carbocycles. The van der Waals surface area contributed by atoms with Gasteiger partial charge in [-0.05, 0) is 36.4 Å². The summed E-state index contributed by atoms with van der Waals surface area (Å²) in [5.74, 6) is -2.79. The van der Waals surface area contributed by atoms with E-state index < -0.39 is 11.6 Å². The minimum atomic E-state index is -2.39. The monoisotopic (exact) mass is 307 g/mol. The molecular weight excluding hydrogens is 294 g/mol. The van der Waals surface area contributed by atoms with Crippen molar-refractivity contribution in [3.05, 3.63) is 89.8 Å². The Morgan fingerprint density at radius 3 is 2.09 bits per heavy atom. The van der Waals surface area contributed by atoms with Crippen LogP contribution < -0.4 is 0 Å². The van der Waals surface area contributed by atoms with Gasteiger partial charge in [-0.2, -0.15) is 0 Å². The molecule has 0 spiro atoms. The van der Waals surface area contributed by atoms with Gasteiger partial charge in [0.1, 0.15) is 22.8 Å². The van der Waals surface area contributed by atoms with Gasteiger partial charge >= 0.3 is 0 Å². The van der Waals surface area contributed by atoms with Crippen LogP contribution >= 0.6 is 0 Å². The van der Waals surface area contributed by atoms with Crippen LogP contribution in [0.5, 0.6) is 0 Å². The Balaban J connectivity index is 1.99. The van der Waals surface area contributed by atoms with Crippen molar-refractivity contribution in [2.24, 2.45) is 0 Å². The first-order valence-corrected chi connectivity index (χ1v) is 6.88. The maximum Gasteiger partial charge on any atom is 0.252 e. The Morgan fingerprint density at radius 1 is 0.783 bits per heavy atom. The van der Waals surface area contributed by atoms with E-state index in [1.54, 1.807) is 30.3 Å². The zero-order valence-corrected chi connectivity index (χ0v) is 12.0. The molecular formula is C17H13N3O3. The van der Waals surface area contributed by atoms with Gasteiger partial charge in [-0.3, -0.25) is 14.8 Å². The molecule has 0 amide bonds. The van der Waals surface area contributed by atoms with Gasteiger partial charge in [0.15, 0.2) is 0 Å². The molecule has 0 unspecified atom stereocenters. The van der Waals surface area contributed by atoms with E-state index in [1.165, 1.54) is 36.7 Å². The largest absolute Gasteiger partial charge is 0.356 e. The lowest BCUT2D eigenvalue weighted by molar-refractivity contribution is -0.138. The lowest BCUT2D eigenvalue weighted by Gasteiger charge is -2.20. The highest BCUT2D eigenvalue weighted by atomic mass is 16.5. The molecule has 0 fully saturated rings. The van der Waals surface area contributed by atoms with Crippen LogP contribution in [0.1, 0.15) is 27.6 Å². The summed E-state index contributed by atoms with van der Waals surface area (Å²) >= 11 is 0. The molecule has 0 atom stereocenters. The molecule has 114 valence electrons. The van der Waals surface area contributed by atoms with Crippen LogP contribution in [0.3, 0.4) is 0 Å². The van der Waals surface area contributed by atoms with Gasteiger partial charge in [0.25, 0.3) is 5.79 Å². The fraction of sp³-hybridized carbons (Fsp3) is 0.0588. The fourth-order valence-electron chi connectivity index (χ4n) is 2.08. The molecule has 2 N–H and O–H groups in total. The molecule has 0 aromatic carbocycles. The summed E-state index contributed by atoms with van der Waals surface area (Å²) in [6.07, 6.45) is 2.95. The van der Waals surface area contributed by atoms with Gasteiger partial charge in [-0.15, -0.1) is 0 Å². The number of rotatable bonds is 4. The van der Waals surface area contributed by atoms with Crippen LogP contribution in [0.4, 0.5) is 0 Å². The van der Waals surface area contributed by atoms with Crippen LogP contribution in [-0.4, -0.2) is 30.9 Å². The van der Waals surface area contributed by atoms with Crippen molar-refractivity contribution in [1.82, 2.24) is 15.0 Å². The third kappa shape index (κ3) is 2.98. The minimum Gasteiger partial charge on any atom is -0.356 e. The molecule has 23 heavy (non-hydrogen) atoms. The quantitative estimate of drug-likeness (QED) is 0.557. The van der Waals surface area contributed by atoms with Gasteiger partial charge in [-0.1, -0.05) is 18.2 Å². The van der Waals surface area contributed by atoms with Gasteiger partial charge in [0.05, 0.1) is 0 Å². The second-order valence-corrected chi connectivity index (χ2v) is 4.84. The van der Waals surface area contributed by atoms with Crippen molar-refractivity contribution in [3.63, 3.8) is 0 Å². The second-order valence-electron chi connectivity index (χ2n) is 4.84. The summed E-state index contributed by atoms with van der Waals surface area (Å²) in [7, 11) is 0. The predicted octanol–water partition coefficient (Wildman–Crippen LogP) is 1.29. The zero-order valence-electron chi connectivity index (χ0n) is 12.0. The summed E-state index contributed by atoms with van der Waals surface area (Å²) < 4.78 is 0. The predicted molar refractivity (Wildman–Crippen MR) is 81.4 cm³/mol. The Bertz CT molecular complexity index is 821. The highest BCUT2D eigenvalue weighted by molar-refractivity contribution is 6.06. The first kappa shape index (κ1) is 15.0. The van der Waals surface area contributed by atoms with E-state index >= 15 is 0 Å². The molecule has 0 bridgehead atoms. The molecule has 6 heteroatoms. The number of aromatic nitrogens is 3. The van der Waals surface area contributed by atoms with E-state index in [1.807, 2.05) is 0 Å². The van der Waals surface area contributed by atoms with Crippen LogP contribution in [0.2, 0.25) is 0 Å². The van der Waals surface area contributed by atoms with Crippen molar-refractivity contribution in [3.8, 4) is 0 Å². The van der Waals surface area contributed by atoms with Crippen molar-refractivity contribution in [2.45, 2.75) is 5.79 Å². The first-order valence-electron chi connectivity index (χ1n) is 6.88. The SMILES string of the molecule is O=C(c1ccccn1)c1cccc(C(O)(O)c2ccccn2)n1. The smallest absolute Gasteiger partial charge is 0.252 e. The molecule has 3 aromatic rings. The number of nitrogens with zero attached hydrogens (tertiary/aromatic N) is 3. The van der Waals surface area contributed by atoms with E-state index in [4.69, 9.17) is 0 Å². The molecule has 0 aliphatic heterocycles. The van der Waals surface area contributed by atoms with Crippen LogP contribution in [0, 0.1) is 0 Å². The van der Waals surface area contributed by atoms with Crippen LogP contribution in [0.25, 0.3) is 0 Å². The zero-order chi connectivity index (χ0) is 16.3. The summed E-state index contributed by atoms with van der Waals surface area (Å²) in [5, 5.41) is 20.7. The molecule has 3 rings (SSSR count). The van der Waals surface area contributed by atoms with E-state index in [0.717, 1.165) is 0 Å². The molecule has 3 heterocycles. The van der Waals surface area contributed by atoms with Gasteiger partial charge < -0.3 is 10.2 Å². The van der Waals surface area contributed by atoms with Crippen molar-refractivity contribution >= 4 is 5.78 Å². The lowest BCUT2D eigenvalue weighted by Crippen LogP contribution is -2.29. The Hall–Kier alpha value is -2.96. The topological polar surface area (TPSA) is 96.2 Å². The number of carbonyl (C=O) groups excluding carboxylic acids is 1. The second kappa shape index (κ2) is 6.04. The molecule has 0 saturated carbocycles. The van der Waals surface area contributed by atoms with Crippen molar-refractivity contribution < 1.29 is 15.0 Å². The number of hydrogen-bond donors (Lipinski definition) is 2. The van der Waals surface area contributed by atoms with Crippen LogP contribution in [0.15, 0.2) is 67.0 Å².